The first-order valence-electron chi connectivity index (χ1n) is 9.82. The van der Waals surface area contributed by atoms with E-state index in [9.17, 15) is 0 Å². The lowest BCUT2D eigenvalue weighted by Crippen LogP contribution is -2.35. The number of piperidine rings is 1. The van der Waals surface area contributed by atoms with Crippen molar-refractivity contribution in [2.24, 2.45) is 0 Å². The van der Waals surface area contributed by atoms with E-state index in [-0.39, 0.29) is 6.04 Å². The minimum absolute atomic E-state index is 0.0616. The fourth-order valence-electron chi connectivity index (χ4n) is 3.98. The molecule has 8 heteroatoms. The van der Waals surface area contributed by atoms with Crippen molar-refractivity contribution < 1.29 is 4.42 Å². The third kappa shape index (κ3) is 3.52. The van der Waals surface area contributed by atoms with Crippen LogP contribution in [0.5, 0.6) is 0 Å². The van der Waals surface area contributed by atoms with Crippen molar-refractivity contribution in [1.29, 1.82) is 0 Å². The number of rotatable bonds is 4. The van der Waals surface area contributed by atoms with Crippen molar-refractivity contribution in [2.75, 3.05) is 13.1 Å². The van der Waals surface area contributed by atoms with Crippen LogP contribution in [0.4, 0.5) is 0 Å². The summed E-state index contributed by atoms with van der Waals surface area (Å²) >= 11 is 6.07. The molecule has 4 aromatic rings. The molecule has 0 bridgehead atoms. The van der Waals surface area contributed by atoms with Gasteiger partial charge in [0.25, 0.3) is 0 Å². The number of pyridine rings is 1. The van der Waals surface area contributed by atoms with Gasteiger partial charge in [-0.2, -0.15) is 0 Å². The number of aromatic nitrogens is 5. The van der Waals surface area contributed by atoms with Gasteiger partial charge in [0.1, 0.15) is 5.82 Å². The molecule has 1 aromatic carbocycles. The lowest BCUT2D eigenvalue weighted by atomic mass is 9.95. The Morgan fingerprint density at radius 3 is 2.72 bits per heavy atom. The number of hydrogen-bond acceptors (Lipinski definition) is 6. The third-order valence-electron chi connectivity index (χ3n) is 5.65. The maximum Gasteiger partial charge on any atom is 0.247 e. The highest BCUT2D eigenvalue weighted by Gasteiger charge is 2.29. The zero-order valence-corrected chi connectivity index (χ0v) is 16.8. The molecule has 0 radical (unpaired) electrons. The first-order chi connectivity index (χ1) is 14.2. The van der Waals surface area contributed by atoms with Crippen LogP contribution in [-0.2, 0) is 0 Å². The monoisotopic (exact) mass is 408 g/mol. The van der Waals surface area contributed by atoms with Crippen LogP contribution in [-0.4, -0.2) is 42.8 Å². The molecule has 3 aromatic heterocycles. The molecule has 4 heterocycles. The first kappa shape index (κ1) is 18.3. The number of likely N-dealkylation sites (tertiary alicyclic amines) is 1. The minimum Gasteiger partial charge on any atom is -0.419 e. The number of nitrogens with zero attached hydrogens (tertiary/aromatic N) is 6. The van der Waals surface area contributed by atoms with E-state index in [2.05, 4.69) is 36.6 Å². The molecule has 1 atom stereocenters. The van der Waals surface area contributed by atoms with E-state index in [0.29, 0.717) is 22.7 Å². The van der Waals surface area contributed by atoms with Crippen molar-refractivity contribution in [3.63, 3.8) is 0 Å². The Morgan fingerprint density at radius 2 is 1.90 bits per heavy atom. The van der Waals surface area contributed by atoms with Crippen LogP contribution in [0, 0.1) is 0 Å². The van der Waals surface area contributed by atoms with E-state index >= 15 is 0 Å². The lowest BCUT2D eigenvalue weighted by Gasteiger charge is -2.33. The predicted octanol–water partition coefficient (Wildman–Crippen LogP) is 4.37. The second-order valence-electron chi connectivity index (χ2n) is 7.43. The Labute approximate surface area is 173 Å². The first-order valence-corrected chi connectivity index (χ1v) is 10.2. The molecule has 0 saturated carbocycles. The standard InChI is InChI=1S/C21H21ClN6O/c1-14(20-25-26-21(29-20)16-5-4-6-17(22)13-16)27-11-8-15(9-12-27)19-24-23-18-7-2-3-10-28(18)19/h2-7,10,13-15H,8-9,11-12H2,1H3. The van der Waals surface area contributed by atoms with E-state index < -0.39 is 0 Å². The fraction of sp³-hybridized carbons (Fsp3) is 0.333. The third-order valence-corrected chi connectivity index (χ3v) is 5.89. The molecule has 1 fully saturated rings. The van der Waals surface area contributed by atoms with Gasteiger partial charge in [0.15, 0.2) is 5.65 Å². The molecule has 5 rings (SSSR count). The van der Waals surface area contributed by atoms with Crippen LogP contribution in [0.25, 0.3) is 17.1 Å². The van der Waals surface area contributed by atoms with Gasteiger partial charge in [0.2, 0.25) is 11.8 Å². The van der Waals surface area contributed by atoms with Crippen molar-refractivity contribution in [1.82, 2.24) is 29.7 Å². The van der Waals surface area contributed by atoms with Gasteiger partial charge in [-0.15, -0.1) is 20.4 Å². The molecule has 0 N–H and O–H groups in total. The van der Waals surface area contributed by atoms with Gasteiger partial charge < -0.3 is 4.42 Å². The van der Waals surface area contributed by atoms with Crippen molar-refractivity contribution in [2.45, 2.75) is 31.7 Å². The van der Waals surface area contributed by atoms with Crippen LogP contribution in [0.3, 0.4) is 0 Å². The second-order valence-corrected chi connectivity index (χ2v) is 7.87. The van der Waals surface area contributed by atoms with Crippen LogP contribution >= 0.6 is 11.6 Å². The second kappa shape index (κ2) is 7.57. The molecule has 0 amide bonds. The number of halogens is 1. The molecule has 0 aliphatic carbocycles. The van der Waals surface area contributed by atoms with E-state index in [1.807, 2.05) is 48.7 Å². The quantitative estimate of drug-likeness (QED) is 0.499. The molecule has 1 aliphatic rings. The van der Waals surface area contributed by atoms with Crippen LogP contribution < -0.4 is 0 Å². The Morgan fingerprint density at radius 1 is 1.03 bits per heavy atom. The summed E-state index contributed by atoms with van der Waals surface area (Å²) in [5.74, 6) is 2.58. The number of benzene rings is 1. The van der Waals surface area contributed by atoms with Gasteiger partial charge >= 0.3 is 0 Å². The Balaban J connectivity index is 1.27. The molecular formula is C21H21ClN6O. The highest BCUT2D eigenvalue weighted by molar-refractivity contribution is 6.30. The summed E-state index contributed by atoms with van der Waals surface area (Å²) < 4.78 is 8.04. The SMILES string of the molecule is CC(c1nnc(-c2cccc(Cl)c2)o1)N1CCC(c2nnc3ccccn23)CC1. The summed E-state index contributed by atoms with van der Waals surface area (Å²) in [6.45, 7) is 4.01. The maximum absolute atomic E-state index is 6.07. The maximum atomic E-state index is 6.07. The molecule has 1 aliphatic heterocycles. The molecule has 148 valence electrons. The minimum atomic E-state index is 0.0616. The Kier molecular flexibility index (Phi) is 4.77. The summed E-state index contributed by atoms with van der Waals surface area (Å²) in [6.07, 6.45) is 4.08. The normalized spacial score (nSPS) is 17.0. The fourth-order valence-corrected chi connectivity index (χ4v) is 4.17. The molecule has 0 spiro atoms. The Bertz CT molecular complexity index is 1130. The van der Waals surface area contributed by atoms with Gasteiger partial charge in [-0.1, -0.05) is 23.7 Å². The zero-order valence-electron chi connectivity index (χ0n) is 16.1. The van der Waals surface area contributed by atoms with E-state index in [4.69, 9.17) is 16.0 Å². The largest absolute Gasteiger partial charge is 0.419 e. The van der Waals surface area contributed by atoms with E-state index in [1.54, 1.807) is 0 Å². The summed E-state index contributed by atoms with van der Waals surface area (Å²) in [4.78, 5) is 2.38. The number of hydrogen-bond donors (Lipinski definition) is 0. The van der Waals surface area contributed by atoms with E-state index in [0.717, 1.165) is 43.0 Å². The van der Waals surface area contributed by atoms with Gasteiger partial charge in [-0.3, -0.25) is 9.30 Å². The summed E-state index contributed by atoms with van der Waals surface area (Å²) in [5, 5.41) is 17.9. The van der Waals surface area contributed by atoms with Crippen LogP contribution in [0.15, 0.2) is 53.1 Å². The van der Waals surface area contributed by atoms with Crippen molar-refractivity contribution in [3.05, 3.63) is 65.4 Å². The smallest absolute Gasteiger partial charge is 0.247 e. The molecule has 29 heavy (non-hydrogen) atoms. The highest BCUT2D eigenvalue weighted by atomic mass is 35.5. The van der Waals surface area contributed by atoms with Gasteiger partial charge in [0.05, 0.1) is 6.04 Å². The Hall–Kier alpha value is -2.77. The average molecular weight is 409 g/mol. The van der Waals surface area contributed by atoms with Gasteiger partial charge in [-0.05, 0) is 63.2 Å². The van der Waals surface area contributed by atoms with Crippen molar-refractivity contribution in [3.8, 4) is 11.5 Å². The summed E-state index contributed by atoms with van der Waals surface area (Å²) in [6, 6.07) is 13.5. The molecule has 1 unspecified atom stereocenters. The zero-order chi connectivity index (χ0) is 19.8. The molecule has 1 saturated heterocycles. The molecular weight excluding hydrogens is 388 g/mol. The topological polar surface area (TPSA) is 72.3 Å². The number of fused-ring (bicyclic) bond motifs is 1. The lowest BCUT2D eigenvalue weighted by molar-refractivity contribution is 0.141. The van der Waals surface area contributed by atoms with Gasteiger partial charge in [0, 0.05) is 22.7 Å². The predicted molar refractivity (Wildman–Crippen MR) is 110 cm³/mol. The molecule has 7 nitrogen and oxygen atoms in total. The van der Waals surface area contributed by atoms with Crippen LogP contribution in [0.2, 0.25) is 5.02 Å². The van der Waals surface area contributed by atoms with E-state index in [1.165, 1.54) is 0 Å². The summed E-state index contributed by atoms with van der Waals surface area (Å²) in [7, 11) is 0. The summed E-state index contributed by atoms with van der Waals surface area (Å²) in [5.41, 5.74) is 1.73. The van der Waals surface area contributed by atoms with Gasteiger partial charge in [-0.25, -0.2) is 0 Å². The van der Waals surface area contributed by atoms with Crippen molar-refractivity contribution >= 4 is 17.2 Å². The average Bonchev–Trinajstić information content (AvgIpc) is 3.41. The highest BCUT2D eigenvalue weighted by Crippen LogP contribution is 2.32. The van der Waals surface area contributed by atoms with Crippen LogP contribution in [0.1, 0.15) is 43.4 Å².